The second-order valence-corrected chi connectivity index (χ2v) is 7.98. The predicted molar refractivity (Wildman–Crippen MR) is 98.3 cm³/mol. The molecule has 0 saturated carbocycles. The van der Waals surface area contributed by atoms with Crippen LogP contribution in [0.3, 0.4) is 0 Å². The summed E-state index contributed by atoms with van der Waals surface area (Å²) in [7, 11) is 0. The van der Waals surface area contributed by atoms with Crippen molar-refractivity contribution in [3.8, 4) is 11.1 Å². The molecule has 0 bridgehead atoms. The third-order valence-corrected chi connectivity index (χ3v) is 5.49. The Morgan fingerprint density at radius 2 is 1.86 bits per heavy atom. The summed E-state index contributed by atoms with van der Waals surface area (Å²) in [6.45, 7) is 8.89. The van der Waals surface area contributed by atoms with E-state index < -0.39 is 0 Å². The summed E-state index contributed by atoms with van der Waals surface area (Å²) >= 11 is 7.24. The van der Waals surface area contributed by atoms with Crippen molar-refractivity contribution in [2.45, 2.75) is 39.5 Å². The first kappa shape index (κ1) is 15.4. The molecule has 3 rings (SSSR count). The van der Waals surface area contributed by atoms with E-state index in [0.717, 1.165) is 21.3 Å². The lowest BCUT2D eigenvalue weighted by Gasteiger charge is -2.19. The summed E-state index contributed by atoms with van der Waals surface area (Å²) < 4.78 is 0.774. The lowest BCUT2D eigenvalue weighted by atomic mass is 9.86. The van der Waals surface area contributed by atoms with E-state index in [1.54, 1.807) is 17.7 Å². The fraction of sp³-hybridized carbons (Fsp3) is 0.333. The standard InChI is InChI=1S/C18H20N2S2/c1-5-13-14(15-16(21)19-10-20-17(15)22-13)11-6-8-12(9-7-11)18(2,3)4/h6-10H,5H2,1-4H3,(H,19,20,21). The molecular formula is C18H20N2S2. The van der Waals surface area contributed by atoms with Gasteiger partial charge in [-0.1, -0.05) is 64.2 Å². The Kier molecular flexibility index (Phi) is 3.91. The van der Waals surface area contributed by atoms with Crippen molar-refractivity contribution in [2.24, 2.45) is 0 Å². The van der Waals surface area contributed by atoms with E-state index in [1.807, 2.05) is 0 Å². The Morgan fingerprint density at radius 1 is 1.18 bits per heavy atom. The molecule has 2 nitrogen and oxygen atoms in total. The van der Waals surface area contributed by atoms with Gasteiger partial charge >= 0.3 is 0 Å². The molecule has 0 saturated heterocycles. The Labute approximate surface area is 140 Å². The molecule has 22 heavy (non-hydrogen) atoms. The summed E-state index contributed by atoms with van der Waals surface area (Å²) in [5, 5.41) is 1.09. The highest BCUT2D eigenvalue weighted by Gasteiger charge is 2.17. The molecule has 0 fully saturated rings. The maximum absolute atomic E-state index is 5.50. The molecule has 0 atom stereocenters. The van der Waals surface area contributed by atoms with E-state index >= 15 is 0 Å². The molecule has 4 heteroatoms. The van der Waals surface area contributed by atoms with Gasteiger partial charge in [0.2, 0.25) is 0 Å². The van der Waals surface area contributed by atoms with E-state index in [4.69, 9.17) is 12.2 Å². The molecule has 0 amide bonds. The van der Waals surface area contributed by atoms with Crippen molar-refractivity contribution in [3.05, 3.63) is 45.7 Å². The molecule has 0 spiro atoms. The van der Waals surface area contributed by atoms with Crippen LogP contribution in [0.1, 0.15) is 38.1 Å². The van der Waals surface area contributed by atoms with Crippen molar-refractivity contribution in [3.63, 3.8) is 0 Å². The lowest BCUT2D eigenvalue weighted by molar-refractivity contribution is 0.590. The van der Waals surface area contributed by atoms with Crippen molar-refractivity contribution in [1.82, 2.24) is 9.97 Å². The smallest absolute Gasteiger partial charge is 0.128 e. The molecule has 1 N–H and O–H groups in total. The van der Waals surface area contributed by atoms with Crippen molar-refractivity contribution in [1.29, 1.82) is 0 Å². The predicted octanol–water partition coefficient (Wildman–Crippen LogP) is 5.88. The molecule has 3 aromatic rings. The Morgan fingerprint density at radius 3 is 2.45 bits per heavy atom. The zero-order valence-corrected chi connectivity index (χ0v) is 15.0. The Hall–Kier alpha value is -1.52. The zero-order chi connectivity index (χ0) is 15.9. The molecular weight excluding hydrogens is 308 g/mol. The number of nitrogens with one attached hydrogen (secondary N) is 1. The number of rotatable bonds is 2. The monoisotopic (exact) mass is 328 g/mol. The van der Waals surface area contributed by atoms with Crippen LogP contribution in [0.25, 0.3) is 21.3 Å². The van der Waals surface area contributed by atoms with Crippen molar-refractivity contribution >= 4 is 33.8 Å². The second kappa shape index (κ2) is 5.60. The minimum atomic E-state index is 0.168. The van der Waals surface area contributed by atoms with Crippen LogP contribution in [0.15, 0.2) is 30.6 Å². The van der Waals surface area contributed by atoms with Crippen LogP contribution in [0.2, 0.25) is 0 Å². The molecule has 0 aliphatic rings. The first-order valence-electron chi connectivity index (χ1n) is 7.51. The number of fused-ring (bicyclic) bond motifs is 1. The highest BCUT2D eigenvalue weighted by Crippen LogP contribution is 2.39. The molecule has 2 heterocycles. The molecule has 1 aromatic carbocycles. The van der Waals surface area contributed by atoms with Gasteiger partial charge in [-0.2, -0.15) is 0 Å². The largest absolute Gasteiger partial charge is 0.337 e. The van der Waals surface area contributed by atoms with E-state index in [1.165, 1.54) is 21.6 Å². The van der Waals surface area contributed by atoms with E-state index in [2.05, 4.69) is 61.9 Å². The summed E-state index contributed by atoms with van der Waals surface area (Å²) in [6.07, 6.45) is 2.68. The van der Waals surface area contributed by atoms with Gasteiger partial charge in [-0.15, -0.1) is 11.3 Å². The third kappa shape index (κ3) is 2.61. The van der Waals surface area contributed by atoms with Crippen LogP contribution in [-0.4, -0.2) is 9.97 Å². The number of nitrogens with zero attached hydrogens (tertiary/aromatic N) is 1. The normalized spacial score (nSPS) is 12.0. The molecule has 2 aromatic heterocycles. The van der Waals surface area contributed by atoms with Gasteiger partial charge in [0.1, 0.15) is 9.47 Å². The van der Waals surface area contributed by atoms with Gasteiger partial charge in [-0.3, -0.25) is 0 Å². The van der Waals surface area contributed by atoms with E-state index in [-0.39, 0.29) is 5.41 Å². The molecule has 0 aliphatic heterocycles. The number of hydrogen-bond acceptors (Lipinski definition) is 3. The maximum Gasteiger partial charge on any atom is 0.128 e. The first-order chi connectivity index (χ1) is 10.4. The summed E-state index contributed by atoms with van der Waals surface area (Å²) in [6, 6.07) is 8.87. The van der Waals surface area contributed by atoms with Gasteiger partial charge in [-0.25, -0.2) is 4.98 Å². The van der Waals surface area contributed by atoms with Gasteiger partial charge in [0.05, 0.1) is 11.7 Å². The van der Waals surface area contributed by atoms with Gasteiger partial charge in [-0.05, 0) is 23.0 Å². The Balaban J connectivity index is 2.23. The van der Waals surface area contributed by atoms with Gasteiger partial charge in [0, 0.05) is 10.4 Å². The maximum atomic E-state index is 5.50. The number of benzene rings is 1. The molecule has 114 valence electrons. The Bertz CT molecular complexity index is 865. The number of hydrogen-bond donors (Lipinski definition) is 1. The number of aromatic nitrogens is 2. The summed E-state index contributed by atoms with van der Waals surface area (Å²) in [4.78, 5) is 9.89. The van der Waals surface area contributed by atoms with Crippen LogP contribution in [0.4, 0.5) is 0 Å². The summed E-state index contributed by atoms with van der Waals surface area (Å²) in [5.41, 5.74) is 3.99. The minimum Gasteiger partial charge on any atom is -0.337 e. The quantitative estimate of drug-likeness (QED) is 0.595. The number of aromatic amines is 1. The average molecular weight is 329 g/mol. The fourth-order valence-electron chi connectivity index (χ4n) is 2.68. The van der Waals surface area contributed by atoms with Crippen molar-refractivity contribution in [2.75, 3.05) is 0 Å². The first-order valence-corrected chi connectivity index (χ1v) is 8.74. The van der Waals surface area contributed by atoms with Crippen molar-refractivity contribution < 1.29 is 0 Å². The summed E-state index contributed by atoms with van der Waals surface area (Å²) in [5.74, 6) is 0. The van der Waals surface area contributed by atoms with Gasteiger partial charge in [0.25, 0.3) is 0 Å². The average Bonchev–Trinajstić information content (AvgIpc) is 2.86. The highest BCUT2D eigenvalue weighted by atomic mass is 32.1. The fourth-order valence-corrected chi connectivity index (χ4v) is 4.11. The number of thiophene rings is 1. The molecule has 0 aliphatic carbocycles. The van der Waals surface area contributed by atoms with Gasteiger partial charge in [0.15, 0.2) is 0 Å². The third-order valence-electron chi connectivity index (χ3n) is 3.93. The minimum absolute atomic E-state index is 0.168. The molecule has 0 unspecified atom stereocenters. The van der Waals surface area contributed by atoms with Gasteiger partial charge < -0.3 is 4.98 Å². The van der Waals surface area contributed by atoms with Crippen LogP contribution in [0.5, 0.6) is 0 Å². The number of aryl methyl sites for hydroxylation is 1. The van der Waals surface area contributed by atoms with Crippen LogP contribution >= 0.6 is 23.6 Å². The highest BCUT2D eigenvalue weighted by molar-refractivity contribution is 7.71. The van der Waals surface area contributed by atoms with Crippen LogP contribution in [0, 0.1) is 4.64 Å². The number of H-pyrrole nitrogens is 1. The molecule has 0 radical (unpaired) electrons. The second-order valence-electron chi connectivity index (χ2n) is 6.49. The SMILES string of the molecule is CCc1sc2nc[nH]c(=S)c2c1-c1ccc(C(C)(C)C)cc1. The van der Waals surface area contributed by atoms with Crippen LogP contribution in [-0.2, 0) is 11.8 Å². The zero-order valence-electron chi connectivity index (χ0n) is 13.4. The van der Waals surface area contributed by atoms with E-state index in [0.29, 0.717) is 0 Å². The topological polar surface area (TPSA) is 28.7 Å². The van der Waals surface area contributed by atoms with E-state index in [9.17, 15) is 0 Å². The lowest BCUT2D eigenvalue weighted by Crippen LogP contribution is -2.10. The van der Waals surface area contributed by atoms with Crippen LogP contribution < -0.4 is 0 Å².